The molecule has 3 heterocycles. The van der Waals surface area contributed by atoms with Crippen LogP contribution in [0.3, 0.4) is 0 Å². The lowest BCUT2D eigenvalue weighted by Gasteiger charge is -2.59. The van der Waals surface area contributed by atoms with Crippen LogP contribution >= 0.6 is 0 Å². The molecule has 4 bridgehead atoms. The molecule has 7 aromatic carbocycles. The van der Waals surface area contributed by atoms with Gasteiger partial charge in [0.2, 0.25) is 25.0 Å². The topological polar surface area (TPSA) is 111 Å². The molecule has 76 heavy (non-hydrogen) atoms. The third-order valence-electron chi connectivity index (χ3n) is 13.0. The Bertz CT molecular complexity index is 2810. The van der Waals surface area contributed by atoms with Gasteiger partial charge in [-0.25, -0.2) is 0 Å². The third-order valence-corrected chi connectivity index (χ3v) is 52.1. The van der Waals surface area contributed by atoms with Crippen molar-refractivity contribution in [1.29, 1.82) is 0 Å². The first-order valence-corrected chi connectivity index (χ1v) is 46.1. The Kier molecular flexibility index (Phi) is 15.3. The quantitative estimate of drug-likeness (QED) is 0.0936. The van der Waals surface area contributed by atoms with Gasteiger partial charge in [0, 0.05) is 36.3 Å². The minimum absolute atomic E-state index is 0.539. The molecule has 0 atom stereocenters. The van der Waals surface area contributed by atoms with Gasteiger partial charge in [0.15, 0.2) is 0 Å². The molecule has 390 valence electrons. The van der Waals surface area contributed by atoms with Crippen LogP contribution < -0.4 is 36.3 Å². The summed E-state index contributed by atoms with van der Waals surface area (Å²) >= 11 is 0. The van der Waals surface area contributed by atoms with Gasteiger partial charge in [-0.15, -0.1) is 19.7 Å². The van der Waals surface area contributed by atoms with E-state index in [9.17, 15) is 0 Å². The Labute approximate surface area is 457 Å². The average Bonchev–Trinajstić information content (AvgIpc) is 3.43. The second-order valence-corrected chi connectivity index (χ2v) is 52.6. The number of benzene rings is 7. The summed E-state index contributed by atoms with van der Waals surface area (Å²) < 4.78 is 98.5. The molecule has 3 fully saturated rings. The van der Waals surface area contributed by atoms with Crippen LogP contribution in [0.2, 0.25) is 39.3 Å². The van der Waals surface area contributed by atoms with Crippen LogP contribution in [-0.2, 0) is 49.4 Å². The molecule has 0 radical (unpaired) electrons. The molecule has 0 aliphatic carbocycles. The van der Waals surface area contributed by atoms with Crippen LogP contribution in [-0.4, -0.2) is 86.6 Å². The Morgan fingerprint density at radius 3 is 0.592 bits per heavy atom. The monoisotopic (exact) mass is 1180 g/mol. The zero-order chi connectivity index (χ0) is 53.4. The highest BCUT2D eigenvalue weighted by Crippen LogP contribution is 2.44. The zero-order valence-electron chi connectivity index (χ0n) is 43.5. The van der Waals surface area contributed by atoms with Crippen molar-refractivity contribution in [3.05, 3.63) is 249 Å². The van der Waals surface area contributed by atoms with Crippen LogP contribution in [0.4, 0.5) is 0 Å². The lowest BCUT2D eigenvalue weighted by molar-refractivity contribution is 0.0388. The summed E-state index contributed by atoms with van der Waals surface area (Å²) in [6, 6.07) is 67.7. The fourth-order valence-electron chi connectivity index (χ4n) is 8.93. The number of rotatable bonds is 16. The summed E-state index contributed by atoms with van der Waals surface area (Å²) in [6.07, 6.45) is 0. The van der Waals surface area contributed by atoms with Gasteiger partial charge in [-0.3, -0.25) is 0 Å². The van der Waals surface area contributed by atoms with E-state index >= 15 is 0 Å². The summed E-state index contributed by atoms with van der Waals surface area (Å²) in [5.74, 6) is 0. The normalized spacial score (nSPS) is 28.9. The van der Waals surface area contributed by atoms with E-state index in [1.165, 1.54) is 0 Å². The van der Waals surface area contributed by atoms with E-state index < -0.39 is 86.6 Å². The summed E-state index contributed by atoms with van der Waals surface area (Å²) in [4.78, 5) is 0. The van der Waals surface area contributed by atoms with E-state index in [0.29, 0.717) is 36.3 Å². The molecule has 0 saturated carbocycles. The molecule has 7 aromatic rings. The Morgan fingerprint density at radius 1 is 0.263 bits per heavy atom. The van der Waals surface area contributed by atoms with Crippen molar-refractivity contribution in [3.63, 3.8) is 0 Å². The highest BCUT2D eigenvalue weighted by atomic mass is 28.6. The molecule has 0 amide bonds. The Hall–Kier alpha value is -4.55. The van der Waals surface area contributed by atoms with E-state index in [1.54, 1.807) is 0 Å². The Balaban J connectivity index is 1.48. The van der Waals surface area contributed by atoms with Gasteiger partial charge in [-0.05, 0) is 39.3 Å². The lowest BCUT2D eigenvalue weighted by Crippen LogP contribution is -2.92. The van der Waals surface area contributed by atoms with Crippen molar-refractivity contribution in [2.24, 2.45) is 0 Å². The maximum Gasteiger partial charge on any atom is 0.515 e. The molecule has 22 heteroatoms. The number of fused-ring (bicyclic) bond motifs is 3. The largest absolute Gasteiger partial charge is 0.515 e. The second-order valence-electron chi connectivity index (χ2n) is 20.1. The van der Waals surface area contributed by atoms with Crippen LogP contribution in [0, 0.1) is 0 Å². The molecule has 0 unspecified atom stereocenters. The maximum absolute atomic E-state index is 8.35. The summed E-state index contributed by atoms with van der Waals surface area (Å²) in [6.45, 7) is 25.3. The zero-order valence-corrected chi connectivity index (χ0v) is 53.5. The predicted molar refractivity (Wildman–Crippen MR) is 319 cm³/mol. The van der Waals surface area contributed by atoms with Crippen LogP contribution in [0.1, 0.15) is 0 Å². The second kappa shape index (κ2) is 21.3. The third kappa shape index (κ3) is 10.7. The minimum atomic E-state index is -4.93. The first-order chi connectivity index (χ1) is 36.4. The molecule has 12 nitrogen and oxygen atoms in total. The highest BCUT2D eigenvalue weighted by molar-refractivity contribution is 7.12. The molecule has 3 aliphatic heterocycles. The predicted octanol–water partition coefficient (Wildman–Crippen LogP) is 6.94. The fraction of sp³-hybridized carbons (Fsp3) is 0.111. The van der Waals surface area contributed by atoms with Crippen LogP contribution in [0.5, 0.6) is 0 Å². The van der Waals surface area contributed by atoms with Gasteiger partial charge in [-0.1, -0.05) is 229 Å². The van der Waals surface area contributed by atoms with Gasteiger partial charge in [0.05, 0.1) is 0 Å². The lowest BCUT2D eigenvalue weighted by atomic mass is 10.4. The highest BCUT2D eigenvalue weighted by Gasteiger charge is 2.81. The van der Waals surface area contributed by atoms with Gasteiger partial charge >= 0.3 is 61.6 Å². The molecule has 0 spiro atoms. The fourth-order valence-corrected chi connectivity index (χ4v) is 56.5. The minimum Gasteiger partial charge on any atom is -0.409 e. The summed E-state index contributed by atoms with van der Waals surface area (Å²) in [5, 5.41) is 3.92. The summed E-state index contributed by atoms with van der Waals surface area (Å²) in [7, 11) is -43.4. The standard InChI is InChI=1S/C54H62O12Si10/c1-10-67(4,5)55-70(48-34-20-13-21-35-48)58-73(51-40-26-16-27-41-51)60-71(56-68(6,7)11-2,49-36-22-14-23-37-49)62-75(53-44-30-18-31-45-53)63-72(57-69(8,9)12-3,50-38-24-15-25-39-50)61-74(59-70,52-42-28-17-29-43-52)65-76(64-73,66-75)54-46-32-19-33-47-54/h10-47H,1-3H2,4-9H3. The van der Waals surface area contributed by atoms with E-state index in [2.05, 4.69) is 19.7 Å². The summed E-state index contributed by atoms with van der Waals surface area (Å²) in [5.41, 5.74) is 5.57. The van der Waals surface area contributed by atoms with E-state index in [-0.39, 0.29) is 0 Å². The molecule has 3 aliphatic rings. The van der Waals surface area contributed by atoms with Crippen LogP contribution in [0.25, 0.3) is 0 Å². The number of hydrogen-bond donors (Lipinski definition) is 0. The smallest absolute Gasteiger partial charge is 0.409 e. The molecule has 3 saturated heterocycles. The SMILES string of the molecule is C=C[Si](C)(C)O[Si]1(c2ccccc2)O[Si]2(c3ccccc3)O[Si](O[Si](C)(C)C=C)(c3ccccc3)O[Si]3(c4ccccc4)O[Si](O[Si](C)(C)C=C)(c4ccccc4)O[Si](c4ccccc4)(O1)O[Si](c1ccccc1)(O2)O3. The first kappa shape index (κ1) is 54.8. The van der Waals surface area contributed by atoms with Crippen molar-refractivity contribution in [2.45, 2.75) is 39.3 Å². The van der Waals surface area contributed by atoms with Crippen LogP contribution in [0.15, 0.2) is 249 Å². The molecular formula is C54H62O12Si10. The van der Waals surface area contributed by atoms with Gasteiger partial charge in [0.1, 0.15) is 0 Å². The van der Waals surface area contributed by atoms with Gasteiger partial charge < -0.3 is 49.4 Å². The average molecular weight is 1180 g/mol. The van der Waals surface area contributed by atoms with E-state index in [1.807, 2.05) is 269 Å². The molecular weight excluding hydrogens is 1120 g/mol. The molecule has 0 N–H and O–H groups in total. The van der Waals surface area contributed by atoms with Gasteiger partial charge in [-0.2, -0.15) is 0 Å². The molecule has 10 rings (SSSR count). The maximum atomic E-state index is 8.35. The molecule has 0 aromatic heterocycles. The van der Waals surface area contributed by atoms with Gasteiger partial charge in [0.25, 0.3) is 0 Å². The van der Waals surface area contributed by atoms with E-state index in [0.717, 1.165) is 0 Å². The van der Waals surface area contributed by atoms with Crippen molar-refractivity contribution < 1.29 is 49.4 Å². The van der Waals surface area contributed by atoms with Crippen molar-refractivity contribution >= 4 is 123 Å². The first-order valence-electron chi connectivity index (χ1n) is 25.1. The van der Waals surface area contributed by atoms with Crippen molar-refractivity contribution in [3.8, 4) is 0 Å². The van der Waals surface area contributed by atoms with E-state index in [4.69, 9.17) is 49.4 Å². The van der Waals surface area contributed by atoms with Crippen molar-refractivity contribution in [2.75, 3.05) is 0 Å². The number of hydrogen-bond acceptors (Lipinski definition) is 12. The Morgan fingerprint density at radius 2 is 0.421 bits per heavy atom. The van der Waals surface area contributed by atoms with Crippen molar-refractivity contribution in [1.82, 2.24) is 0 Å².